The first-order chi connectivity index (χ1) is 10.8. The summed E-state index contributed by atoms with van der Waals surface area (Å²) in [6.07, 6.45) is 5.65. The van der Waals surface area contributed by atoms with E-state index in [4.69, 9.17) is 9.47 Å². The molecule has 118 valence electrons. The zero-order valence-corrected chi connectivity index (χ0v) is 12.6. The average molecular weight is 306 g/mol. The molecule has 0 aliphatic heterocycles. The fourth-order valence-electron chi connectivity index (χ4n) is 1.82. The van der Waals surface area contributed by atoms with Crippen LogP contribution in [-0.2, 0) is 22.5 Å². The van der Waals surface area contributed by atoms with E-state index in [1.54, 1.807) is 0 Å². The molecule has 8 nitrogen and oxygen atoms in total. The van der Waals surface area contributed by atoms with E-state index < -0.39 is 0 Å². The second kappa shape index (κ2) is 8.71. The van der Waals surface area contributed by atoms with Crippen molar-refractivity contribution >= 4 is 5.97 Å². The number of esters is 1. The van der Waals surface area contributed by atoms with Crippen LogP contribution in [0.3, 0.4) is 0 Å². The molecule has 22 heavy (non-hydrogen) atoms. The zero-order chi connectivity index (χ0) is 15.6. The van der Waals surface area contributed by atoms with E-state index in [0.717, 1.165) is 18.7 Å². The van der Waals surface area contributed by atoms with Gasteiger partial charge in [-0.25, -0.2) is 4.57 Å². The summed E-state index contributed by atoms with van der Waals surface area (Å²) < 4.78 is 12.7. The van der Waals surface area contributed by atoms with Crippen molar-refractivity contribution in [1.82, 2.24) is 20.6 Å². The van der Waals surface area contributed by atoms with Gasteiger partial charge in [0, 0.05) is 25.0 Å². The van der Waals surface area contributed by atoms with Crippen molar-refractivity contribution in [2.45, 2.75) is 32.7 Å². The van der Waals surface area contributed by atoms with Crippen LogP contribution in [0.1, 0.15) is 25.6 Å². The van der Waals surface area contributed by atoms with Gasteiger partial charge in [-0.05, 0) is 0 Å². The normalized spacial score (nSPS) is 10.4. The van der Waals surface area contributed by atoms with E-state index in [-0.39, 0.29) is 19.0 Å². The van der Waals surface area contributed by atoms with Gasteiger partial charge < -0.3 is 9.47 Å². The Bertz CT molecular complexity index is 556. The van der Waals surface area contributed by atoms with Gasteiger partial charge in [-0.3, -0.25) is 4.79 Å². The Morgan fingerprint density at radius 2 is 2.14 bits per heavy atom. The summed E-state index contributed by atoms with van der Waals surface area (Å²) in [4.78, 5) is 11.5. The quantitative estimate of drug-likeness (QED) is 0.534. The molecule has 0 radical (unpaired) electrons. The summed E-state index contributed by atoms with van der Waals surface area (Å²) in [6, 6.07) is 3.77. The first kappa shape index (κ1) is 15.9. The molecule has 0 bridgehead atoms. The van der Waals surface area contributed by atoms with Crippen molar-refractivity contribution < 1.29 is 18.8 Å². The lowest BCUT2D eigenvalue weighted by atomic mass is 10.4. The third-order valence-electron chi connectivity index (χ3n) is 2.90. The molecule has 0 aliphatic rings. The maximum absolute atomic E-state index is 11.5. The minimum absolute atomic E-state index is 0.204. The van der Waals surface area contributed by atoms with Crippen molar-refractivity contribution in [3.05, 3.63) is 30.4 Å². The third kappa shape index (κ3) is 5.47. The minimum Gasteiger partial charge on any atom is -0.493 e. The predicted molar refractivity (Wildman–Crippen MR) is 75.9 cm³/mol. The van der Waals surface area contributed by atoms with Crippen LogP contribution in [0, 0.1) is 0 Å². The molecule has 2 rings (SSSR count). The Morgan fingerprint density at radius 1 is 1.32 bits per heavy atom. The Morgan fingerprint density at radius 3 is 2.82 bits per heavy atom. The molecular weight excluding hydrogens is 286 g/mol. The first-order valence-corrected chi connectivity index (χ1v) is 7.28. The predicted octanol–water partition coefficient (Wildman–Crippen LogP) is 0.452. The van der Waals surface area contributed by atoms with E-state index in [0.29, 0.717) is 18.9 Å². The minimum atomic E-state index is -0.305. The number of tetrazole rings is 1. The van der Waals surface area contributed by atoms with Crippen molar-refractivity contribution in [2.75, 3.05) is 13.2 Å². The topological polar surface area (TPSA) is 93.9 Å². The van der Waals surface area contributed by atoms with Crippen LogP contribution >= 0.6 is 0 Å². The van der Waals surface area contributed by atoms with Crippen LogP contribution < -0.4 is 9.30 Å². The summed E-state index contributed by atoms with van der Waals surface area (Å²) in [5.41, 5.74) is 0. The Labute approximate surface area is 128 Å². The maximum atomic E-state index is 11.5. The molecule has 2 heterocycles. The largest absolute Gasteiger partial charge is 0.493 e. The highest BCUT2D eigenvalue weighted by atomic mass is 16.5. The summed E-state index contributed by atoms with van der Waals surface area (Å²) >= 11 is 0. The van der Waals surface area contributed by atoms with Crippen LogP contribution in [0.4, 0.5) is 0 Å². The second-order valence-electron chi connectivity index (χ2n) is 4.67. The smallest absolute Gasteiger partial charge is 0.309 e. The number of aromatic amines is 1. The van der Waals surface area contributed by atoms with E-state index in [9.17, 15) is 4.79 Å². The van der Waals surface area contributed by atoms with Crippen LogP contribution in [0.15, 0.2) is 24.5 Å². The molecule has 0 amide bonds. The molecule has 0 spiro atoms. The van der Waals surface area contributed by atoms with Gasteiger partial charge in [-0.1, -0.05) is 12.1 Å². The van der Waals surface area contributed by atoms with E-state index >= 15 is 0 Å². The van der Waals surface area contributed by atoms with Crippen molar-refractivity contribution in [3.8, 4) is 5.75 Å². The number of aryl methyl sites for hydroxylation is 1. The van der Waals surface area contributed by atoms with Crippen molar-refractivity contribution in [2.24, 2.45) is 0 Å². The Hall–Kier alpha value is -2.51. The van der Waals surface area contributed by atoms with Gasteiger partial charge in [0.15, 0.2) is 18.2 Å². The number of nitrogens with zero attached hydrogens (tertiary/aromatic N) is 4. The third-order valence-corrected chi connectivity index (χ3v) is 2.90. The molecule has 0 aromatic carbocycles. The van der Waals surface area contributed by atoms with Crippen LogP contribution in [0.2, 0.25) is 0 Å². The zero-order valence-electron chi connectivity index (χ0n) is 12.6. The maximum Gasteiger partial charge on any atom is 0.309 e. The Balaban J connectivity index is 1.60. The SMILES string of the molecule is CCC[n+]1ccc(OCCC(=O)OCCc2nn[nH]n2)cc1. The van der Waals surface area contributed by atoms with Crippen LogP contribution in [0.25, 0.3) is 0 Å². The fourth-order valence-corrected chi connectivity index (χ4v) is 1.82. The highest BCUT2D eigenvalue weighted by molar-refractivity contribution is 5.69. The number of aromatic nitrogens is 5. The average Bonchev–Trinajstić information content (AvgIpc) is 3.03. The molecule has 1 N–H and O–H groups in total. The van der Waals surface area contributed by atoms with E-state index in [1.165, 1.54) is 0 Å². The fraction of sp³-hybridized carbons (Fsp3) is 0.500. The summed E-state index contributed by atoms with van der Waals surface area (Å²) in [7, 11) is 0. The lowest BCUT2D eigenvalue weighted by Crippen LogP contribution is -2.31. The number of H-pyrrole nitrogens is 1. The Kier molecular flexibility index (Phi) is 6.28. The number of carbonyl (C=O) groups is 1. The standard InChI is InChI=1S/C14H20N5O3/c1-2-7-19-8-3-12(4-9-19)21-11-6-14(20)22-10-5-13-15-17-18-16-13/h3-4,8-9H,2,5-7,10-11H2,1H3,(H,15,16,17,18)/q+1. The van der Waals surface area contributed by atoms with E-state index in [2.05, 4.69) is 32.1 Å². The van der Waals surface area contributed by atoms with Crippen LogP contribution in [-0.4, -0.2) is 39.8 Å². The molecule has 0 fully saturated rings. The number of ether oxygens (including phenoxy) is 2. The summed E-state index contributed by atoms with van der Waals surface area (Å²) in [5, 5.41) is 13.3. The van der Waals surface area contributed by atoms with Gasteiger partial charge in [-0.2, -0.15) is 5.21 Å². The number of nitrogens with one attached hydrogen (secondary N) is 1. The lowest BCUT2D eigenvalue weighted by molar-refractivity contribution is -0.697. The van der Waals surface area contributed by atoms with Gasteiger partial charge in [-0.15, -0.1) is 10.2 Å². The number of hydrogen-bond acceptors (Lipinski definition) is 6. The molecule has 0 aliphatic carbocycles. The van der Waals surface area contributed by atoms with Crippen molar-refractivity contribution in [1.29, 1.82) is 0 Å². The van der Waals surface area contributed by atoms with Gasteiger partial charge in [0.25, 0.3) is 0 Å². The molecule has 2 aromatic heterocycles. The molecule has 0 saturated heterocycles. The summed E-state index contributed by atoms with van der Waals surface area (Å²) in [6.45, 7) is 3.63. The summed E-state index contributed by atoms with van der Waals surface area (Å²) in [5.74, 6) is 0.959. The number of pyridine rings is 1. The molecule has 2 aromatic rings. The number of hydrogen-bond donors (Lipinski definition) is 1. The van der Waals surface area contributed by atoms with Gasteiger partial charge >= 0.3 is 5.97 Å². The van der Waals surface area contributed by atoms with Crippen LogP contribution in [0.5, 0.6) is 5.75 Å². The highest BCUT2D eigenvalue weighted by Crippen LogP contribution is 2.06. The molecule has 8 heteroatoms. The van der Waals surface area contributed by atoms with E-state index in [1.807, 2.05) is 24.5 Å². The monoisotopic (exact) mass is 306 g/mol. The first-order valence-electron chi connectivity index (χ1n) is 7.28. The number of carbonyl (C=O) groups excluding carboxylic acids is 1. The molecular formula is C14H20N5O3+. The van der Waals surface area contributed by atoms with Crippen molar-refractivity contribution in [3.63, 3.8) is 0 Å². The van der Waals surface area contributed by atoms with Gasteiger partial charge in [0.1, 0.15) is 12.3 Å². The lowest BCUT2D eigenvalue weighted by Gasteiger charge is -2.06. The highest BCUT2D eigenvalue weighted by Gasteiger charge is 2.06. The second-order valence-corrected chi connectivity index (χ2v) is 4.67. The number of rotatable bonds is 9. The molecule has 0 saturated carbocycles. The molecule has 0 atom stereocenters. The van der Waals surface area contributed by atoms with Gasteiger partial charge in [0.05, 0.1) is 19.6 Å². The molecule has 0 unspecified atom stereocenters. The van der Waals surface area contributed by atoms with Gasteiger partial charge in [0.2, 0.25) is 0 Å².